The summed E-state index contributed by atoms with van der Waals surface area (Å²) in [7, 11) is 1.69. The van der Waals surface area contributed by atoms with Crippen LogP contribution in [-0.2, 0) is 6.42 Å². The monoisotopic (exact) mass is 403 g/mol. The summed E-state index contributed by atoms with van der Waals surface area (Å²) in [5, 5.41) is 13.9. The maximum Gasteiger partial charge on any atom is 0.143 e. The first-order valence-corrected chi connectivity index (χ1v) is 10.4. The molecular formula is C25H29N3O2. The van der Waals surface area contributed by atoms with Gasteiger partial charge in [0.15, 0.2) is 0 Å². The second-order valence-electron chi connectivity index (χ2n) is 8.00. The van der Waals surface area contributed by atoms with E-state index in [9.17, 15) is 5.11 Å². The van der Waals surface area contributed by atoms with Gasteiger partial charge in [0.25, 0.3) is 0 Å². The largest absolute Gasteiger partial charge is 0.495 e. The Morgan fingerprint density at radius 1 is 1.30 bits per heavy atom. The number of nitrogens with zero attached hydrogens (tertiary/aromatic N) is 2. The molecule has 1 aromatic heterocycles. The highest BCUT2D eigenvalue weighted by Gasteiger charge is 2.29. The van der Waals surface area contributed by atoms with Crippen LogP contribution in [0.5, 0.6) is 5.75 Å². The molecule has 0 radical (unpaired) electrons. The summed E-state index contributed by atoms with van der Waals surface area (Å²) in [6.07, 6.45) is 7.26. The minimum atomic E-state index is -0.352. The van der Waals surface area contributed by atoms with Crippen LogP contribution in [0.15, 0.2) is 60.6 Å². The first-order chi connectivity index (χ1) is 14.5. The third kappa shape index (κ3) is 4.32. The smallest absolute Gasteiger partial charge is 0.143 e. The van der Waals surface area contributed by atoms with E-state index in [1.807, 2.05) is 29.8 Å². The van der Waals surface area contributed by atoms with Crippen molar-refractivity contribution >= 4 is 6.08 Å². The van der Waals surface area contributed by atoms with Crippen molar-refractivity contribution in [3.05, 3.63) is 82.9 Å². The molecule has 0 spiro atoms. The number of rotatable bonds is 7. The standard InChI is InChI=1S/C25H29N3O2/c1-17(10-11-26-25-21-7-5-4-6-20(21)14-23(25)29)12-19-8-9-22(24(13-19)30-3)28-15-18(2)27-16-28/h4-9,12-13,15-16,23,25-26,29H,10-11,14H2,1-3H3/t23-,25+/m0/s1. The van der Waals surface area contributed by atoms with E-state index in [4.69, 9.17) is 4.74 Å². The second-order valence-corrected chi connectivity index (χ2v) is 8.00. The molecule has 0 fully saturated rings. The molecule has 0 saturated heterocycles. The van der Waals surface area contributed by atoms with Crippen LogP contribution in [0, 0.1) is 6.92 Å². The Morgan fingerprint density at radius 2 is 2.13 bits per heavy atom. The van der Waals surface area contributed by atoms with E-state index < -0.39 is 0 Å². The molecule has 0 bridgehead atoms. The lowest BCUT2D eigenvalue weighted by Crippen LogP contribution is -2.29. The molecule has 0 unspecified atom stereocenters. The van der Waals surface area contributed by atoms with E-state index in [-0.39, 0.29) is 12.1 Å². The zero-order chi connectivity index (χ0) is 21.1. The van der Waals surface area contributed by atoms with Crippen LogP contribution in [-0.4, -0.2) is 34.4 Å². The SMILES string of the molecule is COc1cc(C=C(C)CCN[C@@H]2c3ccccc3C[C@@H]2O)ccc1-n1cnc(C)c1. The fourth-order valence-corrected chi connectivity index (χ4v) is 4.15. The number of fused-ring (bicyclic) bond motifs is 1. The summed E-state index contributed by atoms with van der Waals surface area (Å²) in [5.41, 5.74) is 6.80. The lowest BCUT2D eigenvalue weighted by Gasteiger charge is -2.18. The maximum atomic E-state index is 10.4. The fraction of sp³-hybridized carbons (Fsp3) is 0.320. The predicted octanol–water partition coefficient (Wildman–Crippen LogP) is 4.23. The van der Waals surface area contributed by atoms with Gasteiger partial charge in [0.2, 0.25) is 0 Å². The highest BCUT2D eigenvalue weighted by atomic mass is 16.5. The molecule has 156 valence electrons. The van der Waals surface area contributed by atoms with E-state index in [1.54, 1.807) is 13.4 Å². The summed E-state index contributed by atoms with van der Waals surface area (Å²) in [6.45, 7) is 4.93. The third-order valence-corrected chi connectivity index (χ3v) is 5.69. The van der Waals surface area contributed by atoms with Gasteiger partial charge in [-0.25, -0.2) is 4.98 Å². The number of nitrogens with one attached hydrogen (secondary N) is 1. The molecule has 3 aromatic rings. The summed E-state index contributed by atoms with van der Waals surface area (Å²) >= 11 is 0. The Labute approximate surface area is 178 Å². The quantitative estimate of drug-likeness (QED) is 0.620. The molecule has 1 heterocycles. The molecule has 4 rings (SSSR count). The minimum Gasteiger partial charge on any atom is -0.495 e. The van der Waals surface area contributed by atoms with Gasteiger partial charge in [0.05, 0.1) is 37.0 Å². The number of hydrogen-bond acceptors (Lipinski definition) is 4. The first-order valence-electron chi connectivity index (χ1n) is 10.4. The number of aryl methyl sites for hydroxylation is 1. The Balaban J connectivity index is 1.40. The molecule has 1 aliphatic rings. The topological polar surface area (TPSA) is 59.3 Å². The lowest BCUT2D eigenvalue weighted by molar-refractivity contribution is 0.142. The van der Waals surface area contributed by atoms with Crippen molar-refractivity contribution in [3.63, 3.8) is 0 Å². The average molecular weight is 404 g/mol. The second kappa shape index (κ2) is 8.86. The minimum absolute atomic E-state index is 0.0204. The molecule has 2 aromatic carbocycles. The van der Waals surface area contributed by atoms with Crippen molar-refractivity contribution in [2.75, 3.05) is 13.7 Å². The van der Waals surface area contributed by atoms with Gasteiger partial charge in [-0.3, -0.25) is 0 Å². The molecule has 5 nitrogen and oxygen atoms in total. The zero-order valence-corrected chi connectivity index (χ0v) is 17.8. The number of aliphatic hydroxyl groups excluding tert-OH is 1. The summed E-state index contributed by atoms with van der Waals surface area (Å²) in [4.78, 5) is 4.30. The molecule has 0 saturated carbocycles. The van der Waals surface area contributed by atoms with Gasteiger partial charge < -0.3 is 19.7 Å². The van der Waals surface area contributed by atoms with E-state index in [0.29, 0.717) is 0 Å². The Kier molecular flexibility index (Phi) is 6.02. The number of benzene rings is 2. The van der Waals surface area contributed by atoms with Crippen molar-refractivity contribution < 1.29 is 9.84 Å². The number of hydrogen-bond donors (Lipinski definition) is 2. The van der Waals surface area contributed by atoms with Crippen LogP contribution in [0.4, 0.5) is 0 Å². The number of aromatic nitrogens is 2. The molecular weight excluding hydrogens is 374 g/mol. The summed E-state index contributed by atoms with van der Waals surface area (Å²) in [5.74, 6) is 0.817. The Hall–Kier alpha value is -2.89. The van der Waals surface area contributed by atoms with Gasteiger partial charge in [-0.2, -0.15) is 0 Å². The van der Waals surface area contributed by atoms with Gasteiger partial charge in [-0.1, -0.05) is 42.0 Å². The maximum absolute atomic E-state index is 10.4. The summed E-state index contributed by atoms with van der Waals surface area (Å²) in [6, 6.07) is 14.5. The van der Waals surface area contributed by atoms with Gasteiger partial charge in [-0.15, -0.1) is 0 Å². The van der Waals surface area contributed by atoms with Crippen LogP contribution in [0.2, 0.25) is 0 Å². The van der Waals surface area contributed by atoms with Crippen LogP contribution in [0.25, 0.3) is 11.8 Å². The molecule has 2 N–H and O–H groups in total. The van der Waals surface area contributed by atoms with E-state index in [2.05, 4.69) is 53.6 Å². The van der Waals surface area contributed by atoms with Crippen molar-refractivity contribution in [3.8, 4) is 11.4 Å². The first kappa shape index (κ1) is 20.4. The molecule has 0 amide bonds. The van der Waals surface area contributed by atoms with E-state index in [0.717, 1.165) is 42.1 Å². The predicted molar refractivity (Wildman–Crippen MR) is 120 cm³/mol. The Morgan fingerprint density at radius 3 is 2.90 bits per heavy atom. The fourth-order valence-electron chi connectivity index (χ4n) is 4.15. The van der Waals surface area contributed by atoms with Crippen LogP contribution in [0.1, 0.15) is 41.8 Å². The molecule has 5 heteroatoms. The summed E-state index contributed by atoms with van der Waals surface area (Å²) < 4.78 is 7.58. The van der Waals surface area contributed by atoms with E-state index >= 15 is 0 Å². The molecule has 0 aliphatic heterocycles. The number of aliphatic hydroxyl groups is 1. The van der Waals surface area contributed by atoms with Crippen LogP contribution in [0.3, 0.4) is 0 Å². The Bertz CT molecular complexity index is 1050. The molecule has 2 atom stereocenters. The van der Waals surface area contributed by atoms with Gasteiger partial charge in [-0.05, 0) is 55.6 Å². The van der Waals surface area contributed by atoms with E-state index in [1.165, 1.54) is 16.7 Å². The van der Waals surface area contributed by atoms with Crippen molar-refractivity contribution in [2.24, 2.45) is 0 Å². The van der Waals surface area contributed by atoms with Crippen molar-refractivity contribution in [2.45, 2.75) is 38.8 Å². The van der Waals surface area contributed by atoms with Crippen molar-refractivity contribution in [1.82, 2.24) is 14.9 Å². The van der Waals surface area contributed by atoms with Crippen molar-refractivity contribution in [1.29, 1.82) is 0 Å². The number of methoxy groups -OCH3 is 1. The highest BCUT2D eigenvalue weighted by molar-refractivity contribution is 5.60. The van der Waals surface area contributed by atoms with Gasteiger partial charge >= 0.3 is 0 Å². The molecule has 30 heavy (non-hydrogen) atoms. The highest BCUT2D eigenvalue weighted by Crippen LogP contribution is 2.31. The van der Waals surface area contributed by atoms with Crippen LogP contribution >= 0.6 is 0 Å². The normalized spacial score (nSPS) is 18.5. The number of imidazole rings is 1. The van der Waals surface area contributed by atoms with Crippen LogP contribution < -0.4 is 10.1 Å². The molecule has 1 aliphatic carbocycles. The lowest BCUT2D eigenvalue weighted by atomic mass is 10.1. The average Bonchev–Trinajstić information content (AvgIpc) is 3.31. The van der Waals surface area contributed by atoms with Gasteiger partial charge in [0.1, 0.15) is 5.75 Å². The van der Waals surface area contributed by atoms with Gasteiger partial charge in [0, 0.05) is 12.6 Å². The zero-order valence-electron chi connectivity index (χ0n) is 17.8. The number of ether oxygens (including phenoxy) is 1. The third-order valence-electron chi connectivity index (χ3n) is 5.69.